The second kappa shape index (κ2) is 10.9. The van der Waals surface area contributed by atoms with Crippen LogP contribution in [0, 0.1) is 5.41 Å². The van der Waals surface area contributed by atoms with Gasteiger partial charge in [-0.05, 0) is 23.5 Å². The molecule has 0 aliphatic carbocycles. The lowest BCUT2D eigenvalue weighted by Crippen LogP contribution is -2.54. The van der Waals surface area contributed by atoms with Crippen LogP contribution < -0.4 is 15.4 Å². The number of aliphatic hydroxyl groups is 1. The van der Waals surface area contributed by atoms with Gasteiger partial charge in [0.05, 0.1) is 25.5 Å². The van der Waals surface area contributed by atoms with Gasteiger partial charge < -0.3 is 30.4 Å². The molecule has 2 aromatic rings. The molecule has 0 saturated carbocycles. The van der Waals surface area contributed by atoms with Crippen molar-refractivity contribution in [3.63, 3.8) is 0 Å². The number of nitrogens with one attached hydrogen (secondary N) is 3. The summed E-state index contributed by atoms with van der Waals surface area (Å²) in [6.45, 7) is 7.50. The van der Waals surface area contributed by atoms with Crippen molar-refractivity contribution in [3.8, 4) is 5.75 Å². The number of amides is 3. The van der Waals surface area contributed by atoms with E-state index in [4.69, 9.17) is 4.74 Å². The number of likely N-dealkylation sites (tertiary alicyclic amines) is 1. The minimum Gasteiger partial charge on any atom is -0.496 e. The average molecular weight is 486 g/mol. The van der Waals surface area contributed by atoms with Crippen LogP contribution in [0.25, 0.3) is 0 Å². The molecule has 0 bridgehead atoms. The first-order chi connectivity index (χ1) is 16.5. The molecule has 1 saturated heterocycles. The van der Waals surface area contributed by atoms with Gasteiger partial charge in [-0.25, -0.2) is 4.98 Å². The number of rotatable bonds is 8. The summed E-state index contributed by atoms with van der Waals surface area (Å²) in [6.07, 6.45) is 1.58. The number of hydrogen-bond donors (Lipinski definition) is 4. The molecule has 1 aliphatic rings. The number of aromatic nitrogens is 2. The number of benzene rings is 1. The zero-order chi connectivity index (χ0) is 25.8. The number of H-pyrrole nitrogens is 1. The Morgan fingerprint density at radius 3 is 2.66 bits per heavy atom. The van der Waals surface area contributed by atoms with E-state index in [1.54, 1.807) is 7.11 Å². The molecule has 0 unspecified atom stereocenters. The molecule has 4 N–H and O–H groups in total. The van der Waals surface area contributed by atoms with E-state index in [1.165, 1.54) is 18.0 Å². The van der Waals surface area contributed by atoms with Crippen LogP contribution in [0.15, 0.2) is 30.5 Å². The zero-order valence-corrected chi connectivity index (χ0v) is 20.9. The summed E-state index contributed by atoms with van der Waals surface area (Å²) in [5.74, 6) is 0.261. The second-order valence-corrected chi connectivity index (χ2v) is 9.90. The van der Waals surface area contributed by atoms with Gasteiger partial charge in [-0.2, -0.15) is 0 Å². The quantitative estimate of drug-likeness (QED) is 0.448. The fraction of sp³-hybridized carbons (Fsp3) is 0.520. The van der Waals surface area contributed by atoms with E-state index in [0.29, 0.717) is 18.8 Å². The number of carbonyl (C=O) groups excluding carboxylic acids is 3. The second-order valence-electron chi connectivity index (χ2n) is 9.90. The van der Waals surface area contributed by atoms with E-state index in [0.717, 1.165) is 11.3 Å². The monoisotopic (exact) mass is 485 g/mol. The standard InChI is InChI=1S/C25H35N5O5/c1-15(31)28-21(25(2,3)4)24(34)30-14-17(32)12-19(30)22-27-13-18(29-22)23(33)26-11-10-16-8-6-7-9-20(16)35-5/h6-9,13,17,19,21,32H,10-12,14H2,1-5H3,(H,26,33)(H,27,29)(H,28,31)/t17-,19+,21-/m1/s1. The first-order valence-electron chi connectivity index (χ1n) is 11.7. The van der Waals surface area contributed by atoms with Crippen LogP contribution >= 0.6 is 0 Å². The molecule has 1 aromatic carbocycles. The van der Waals surface area contributed by atoms with Crippen LogP contribution in [0.2, 0.25) is 0 Å². The highest BCUT2D eigenvalue weighted by molar-refractivity contribution is 5.92. The molecule has 35 heavy (non-hydrogen) atoms. The normalized spacial score (nSPS) is 18.7. The van der Waals surface area contributed by atoms with Crippen LogP contribution in [-0.2, 0) is 16.0 Å². The highest BCUT2D eigenvalue weighted by Gasteiger charge is 2.43. The molecule has 2 heterocycles. The third-order valence-electron chi connectivity index (χ3n) is 6.05. The summed E-state index contributed by atoms with van der Waals surface area (Å²) < 4.78 is 5.34. The smallest absolute Gasteiger partial charge is 0.269 e. The van der Waals surface area contributed by atoms with Gasteiger partial charge in [-0.15, -0.1) is 0 Å². The summed E-state index contributed by atoms with van der Waals surface area (Å²) >= 11 is 0. The number of nitrogens with zero attached hydrogens (tertiary/aromatic N) is 2. The molecule has 3 atom stereocenters. The Balaban J connectivity index is 1.69. The van der Waals surface area contributed by atoms with Gasteiger partial charge in [0.1, 0.15) is 23.3 Å². The van der Waals surface area contributed by atoms with Crippen molar-refractivity contribution in [3.05, 3.63) is 47.5 Å². The maximum absolute atomic E-state index is 13.4. The van der Waals surface area contributed by atoms with E-state index >= 15 is 0 Å². The predicted molar refractivity (Wildman–Crippen MR) is 130 cm³/mol. The van der Waals surface area contributed by atoms with Crippen molar-refractivity contribution >= 4 is 17.7 Å². The first-order valence-corrected chi connectivity index (χ1v) is 11.7. The van der Waals surface area contributed by atoms with Gasteiger partial charge in [0.15, 0.2) is 0 Å². The molecule has 3 amide bonds. The number of aliphatic hydroxyl groups excluding tert-OH is 1. The number of ether oxygens (including phenoxy) is 1. The molecule has 190 valence electrons. The number of carbonyl (C=O) groups is 3. The Morgan fingerprint density at radius 1 is 1.29 bits per heavy atom. The summed E-state index contributed by atoms with van der Waals surface area (Å²) in [5.41, 5.74) is 0.724. The number of methoxy groups -OCH3 is 1. The summed E-state index contributed by atoms with van der Waals surface area (Å²) in [5, 5.41) is 15.9. The third kappa shape index (κ3) is 6.39. The SMILES string of the molecule is COc1ccccc1CCNC(=O)c1cnc([C@@H]2C[C@@H](O)CN2C(=O)[C@@H](NC(C)=O)C(C)(C)C)[nH]1. The lowest BCUT2D eigenvalue weighted by molar-refractivity contribution is -0.140. The van der Waals surface area contributed by atoms with Crippen LogP contribution in [0.4, 0.5) is 0 Å². The van der Waals surface area contributed by atoms with E-state index < -0.39 is 23.6 Å². The van der Waals surface area contributed by atoms with Crippen molar-refractivity contribution in [2.75, 3.05) is 20.2 Å². The number of hydrogen-bond acceptors (Lipinski definition) is 6. The van der Waals surface area contributed by atoms with Crippen LogP contribution in [0.1, 0.15) is 62.0 Å². The van der Waals surface area contributed by atoms with Crippen molar-refractivity contribution in [2.24, 2.45) is 5.41 Å². The molecular weight excluding hydrogens is 450 g/mol. The summed E-state index contributed by atoms with van der Waals surface area (Å²) in [7, 11) is 1.61. The van der Waals surface area contributed by atoms with Crippen molar-refractivity contribution in [1.82, 2.24) is 25.5 Å². The molecule has 1 aliphatic heterocycles. The first kappa shape index (κ1) is 26.2. The predicted octanol–water partition coefficient (Wildman–Crippen LogP) is 1.58. The van der Waals surface area contributed by atoms with Gasteiger partial charge in [0.25, 0.3) is 5.91 Å². The van der Waals surface area contributed by atoms with E-state index in [1.807, 2.05) is 45.0 Å². The highest BCUT2D eigenvalue weighted by Crippen LogP contribution is 2.33. The third-order valence-corrected chi connectivity index (χ3v) is 6.05. The van der Waals surface area contributed by atoms with Crippen LogP contribution in [0.3, 0.4) is 0 Å². The van der Waals surface area contributed by atoms with Gasteiger partial charge >= 0.3 is 0 Å². The minimum absolute atomic E-state index is 0.122. The maximum atomic E-state index is 13.4. The number of β-amino-alcohol motifs (C(OH)–C–C–N with tert-alkyl or cyclic N) is 1. The average Bonchev–Trinajstić information content (AvgIpc) is 3.43. The van der Waals surface area contributed by atoms with Crippen LogP contribution in [0.5, 0.6) is 5.75 Å². The fourth-order valence-corrected chi connectivity index (χ4v) is 4.27. The Labute approximate surface area is 205 Å². The van der Waals surface area contributed by atoms with Gasteiger partial charge in [0.2, 0.25) is 11.8 Å². The van der Waals surface area contributed by atoms with Crippen molar-refractivity contribution in [1.29, 1.82) is 0 Å². The van der Waals surface area contributed by atoms with Crippen LogP contribution in [-0.4, -0.2) is 70.0 Å². The Hall–Kier alpha value is -3.40. The summed E-state index contributed by atoms with van der Waals surface area (Å²) in [6, 6.07) is 6.33. The zero-order valence-electron chi connectivity index (χ0n) is 20.9. The van der Waals surface area contributed by atoms with Gasteiger partial charge in [-0.3, -0.25) is 14.4 Å². The molecule has 10 nitrogen and oxygen atoms in total. The van der Waals surface area contributed by atoms with Crippen molar-refractivity contribution < 1.29 is 24.2 Å². The minimum atomic E-state index is -0.763. The Morgan fingerprint density at radius 2 is 2.00 bits per heavy atom. The maximum Gasteiger partial charge on any atom is 0.269 e. The van der Waals surface area contributed by atoms with Gasteiger partial charge in [0, 0.05) is 26.4 Å². The molecule has 1 fully saturated rings. The molecule has 3 rings (SSSR count). The van der Waals surface area contributed by atoms with E-state index in [2.05, 4.69) is 20.6 Å². The lowest BCUT2D eigenvalue weighted by atomic mass is 9.85. The summed E-state index contributed by atoms with van der Waals surface area (Å²) in [4.78, 5) is 46.7. The topological polar surface area (TPSA) is 137 Å². The molecule has 0 radical (unpaired) electrons. The molecule has 0 spiro atoms. The fourth-order valence-electron chi connectivity index (χ4n) is 4.27. The number of para-hydroxylation sites is 1. The lowest BCUT2D eigenvalue weighted by Gasteiger charge is -2.35. The largest absolute Gasteiger partial charge is 0.496 e. The van der Waals surface area contributed by atoms with E-state index in [-0.39, 0.29) is 36.4 Å². The Kier molecular flexibility index (Phi) is 8.16. The number of imidazole rings is 1. The number of aromatic amines is 1. The van der Waals surface area contributed by atoms with Crippen molar-refractivity contribution in [2.45, 2.75) is 58.7 Å². The molecular formula is C25H35N5O5. The van der Waals surface area contributed by atoms with Gasteiger partial charge in [-0.1, -0.05) is 39.0 Å². The molecule has 10 heteroatoms. The van der Waals surface area contributed by atoms with E-state index in [9.17, 15) is 19.5 Å². The highest BCUT2D eigenvalue weighted by atomic mass is 16.5. The Bertz CT molecular complexity index is 1060. The molecule has 1 aromatic heterocycles.